The number of aliphatic hydroxyl groups excluding tert-OH is 4. The molecule has 10 nitrogen and oxygen atoms in total. The van der Waals surface area contributed by atoms with E-state index in [4.69, 9.17) is 18.9 Å². The number of aliphatic hydroxyl groups is 4. The number of cyclic esters (lactones) is 1. The van der Waals surface area contributed by atoms with Crippen LogP contribution in [-0.4, -0.2) is 93.4 Å². The van der Waals surface area contributed by atoms with Gasteiger partial charge in [-0.15, -0.1) is 0 Å². The number of Topliss-reactive ketones (excluding diaryl/α,β-unsaturated/α-hetero) is 1. The van der Waals surface area contributed by atoms with Gasteiger partial charge < -0.3 is 39.4 Å². The van der Waals surface area contributed by atoms with Gasteiger partial charge in [0.2, 0.25) is 0 Å². The van der Waals surface area contributed by atoms with E-state index in [0.717, 1.165) is 32.1 Å². The first-order valence-electron chi connectivity index (χ1n) is 17.0. The van der Waals surface area contributed by atoms with E-state index in [1.807, 2.05) is 6.92 Å². The number of ketones is 1. The van der Waals surface area contributed by atoms with Crippen LogP contribution in [0.1, 0.15) is 79.6 Å². The van der Waals surface area contributed by atoms with Gasteiger partial charge in [-0.05, 0) is 78.8 Å². The van der Waals surface area contributed by atoms with E-state index in [0.29, 0.717) is 12.8 Å². The van der Waals surface area contributed by atoms with E-state index in [2.05, 4.69) is 39.8 Å². The first-order valence-corrected chi connectivity index (χ1v) is 17.0. The standard InChI is InChI=1S/C35H50O10/c1-16(2)35(17(3)45-35)26-13-21(31(41)44-26)27-24(37)14-23-20-7-6-18-12-19(8-10-33(18,4)22(20)9-11-34(23,27)5)42-32-30(40)29(39)28(38)25(15-36)43-32/h7,9,16-19,21,23,25-30,32,36,38-40H,6,8,10-15H2,1-5H3/t17-,18-,19-,21-,23-,25+,26+,27-,28+,29-,30+,32+,33-,34-,35+/m0/s1. The molecule has 0 radical (unpaired) electrons. The Morgan fingerprint density at radius 2 is 1.80 bits per heavy atom. The molecule has 7 aliphatic rings. The SMILES string of the molecule is CC(C)[C@@]1([C@H]2C[C@@H]([C@H]3C(=O)C[C@H]4C5=CC[C@H]6C[C@@H](O[C@@H]7O[C@H](CO)[C@@H](O)[C@H](O)[C@H]7O)CC[C@]6(C)C5=CC[C@]34C)C(=O)O2)O[C@H]1C. The largest absolute Gasteiger partial charge is 0.459 e. The lowest BCUT2D eigenvalue weighted by molar-refractivity contribution is -0.314. The Morgan fingerprint density at radius 1 is 1.07 bits per heavy atom. The summed E-state index contributed by atoms with van der Waals surface area (Å²) in [6.07, 6.45) is 2.63. The molecular weight excluding hydrogens is 580 g/mol. The highest BCUT2D eigenvalue weighted by Gasteiger charge is 2.68. The van der Waals surface area contributed by atoms with Gasteiger partial charge in [0, 0.05) is 18.8 Å². The molecule has 0 spiro atoms. The lowest BCUT2D eigenvalue weighted by atomic mass is 9.51. The van der Waals surface area contributed by atoms with Gasteiger partial charge in [-0.1, -0.05) is 39.8 Å². The molecule has 7 rings (SSSR count). The molecule has 4 aliphatic carbocycles. The van der Waals surface area contributed by atoms with Crippen molar-refractivity contribution in [1.29, 1.82) is 0 Å². The van der Waals surface area contributed by atoms with E-state index in [1.165, 1.54) is 11.1 Å². The predicted molar refractivity (Wildman–Crippen MR) is 160 cm³/mol. The van der Waals surface area contributed by atoms with E-state index in [9.17, 15) is 30.0 Å². The van der Waals surface area contributed by atoms with E-state index in [-0.39, 0.29) is 64.6 Å². The average molecular weight is 631 g/mol. The summed E-state index contributed by atoms with van der Waals surface area (Å²) in [4.78, 5) is 27.2. The van der Waals surface area contributed by atoms with Gasteiger partial charge in [0.1, 0.15) is 41.9 Å². The topological polar surface area (TPSA) is 155 Å². The summed E-state index contributed by atoms with van der Waals surface area (Å²) in [5.41, 5.74) is 1.70. The molecule has 0 unspecified atom stereocenters. The maximum atomic E-state index is 13.8. The molecule has 0 amide bonds. The van der Waals surface area contributed by atoms with E-state index < -0.39 is 48.8 Å². The number of hydrogen-bond donors (Lipinski definition) is 4. The average Bonchev–Trinajstić information content (AvgIpc) is 3.44. The van der Waals surface area contributed by atoms with Gasteiger partial charge in [-0.3, -0.25) is 9.59 Å². The maximum Gasteiger partial charge on any atom is 0.310 e. The number of rotatable bonds is 6. The van der Waals surface area contributed by atoms with Crippen molar-refractivity contribution in [2.45, 2.75) is 134 Å². The van der Waals surface area contributed by atoms with Crippen LogP contribution in [0, 0.1) is 40.4 Å². The molecule has 0 aromatic carbocycles. The second-order valence-corrected chi connectivity index (χ2v) is 15.8. The minimum Gasteiger partial charge on any atom is -0.459 e. The highest BCUT2D eigenvalue weighted by molar-refractivity contribution is 5.91. The van der Waals surface area contributed by atoms with Crippen molar-refractivity contribution < 1.29 is 49.0 Å². The smallest absolute Gasteiger partial charge is 0.310 e. The molecule has 10 heteroatoms. The summed E-state index contributed by atoms with van der Waals surface area (Å²) in [6.45, 7) is 10.3. The summed E-state index contributed by atoms with van der Waals surface area (Å²) >= 11 is 0. The molecule has 0 bridgehead atoms. The molecule has 2 saturated carbocycles. The van der Waals surface area contributed by atoms with Gasteiger partial charge in [0.05, 0.1) is 24.7 Å². The summed E-state index contributed by atoms with van der Waals surface area (Å²) in [5, 5.41) is 40.4. The van der Waals surface area contributed by atoms with Gasteiger partial charge in [-0.25, -0.2) is 0 Å². The first kappa shape index (κ1) is 31.9. The Bertz CT molecular complexity index is 1290. The van der Waals surface area contributed by atoms with Crippen LogP contribution in [0.5, 0.6) is 0 Å². The lowest BCUT2D eigenvalue weighted by Gasteiger charge is -2.53. The van der Waals surface area contributed by atoms with Crippen LogP contribution in [0.4, 0.5) is 0 Å². The van der Waals surface area contributed by atoms with E-state index in [1.54, 1.807) is 0 Å². The highest BCUT2D eigenvalue weighted by Crippen LogP contribution is 2.65. The summed E-state index contributed by atoms with van der Waals surface area (Å²) in [7, 11) is 0. The molecule has 250 valence electrons. The van der Waals surface area contributed by atoms with Gasteiger partial charge in [0.15, 0.2) is 6.29 Å². The zero-order chi connectivity index (χ0) is 32.2. The molecular formula is C35H50O10. The molecule has 3 aliphatic heterocycles. The number of epoxide rings is 1. The third-order valence-electron chi connectivity index (χ3n) is 13.3. The molecule has 15 atom stereocenters. The van der Waals surface area contributed by atoms with Crippen LogP contribution < -0.4 is 0 Å². The van der Waals surface area contributed by atoms with Crippen molar-refractivity contribution in [2.24, 2.45) is 40.4 Å². The fourth-order valence-corrected chi connectivity index (χ4v) is 10.6. The zero-order valence-electron chi connectivity index (χ0n) is 27.1. The summed E-state index contributed by atoms with van der Waals surface area (Å²) in [5.74, 6) is -0.324. The fraction of sp³-hybridized carbons (Fsp3) is 0.829. The van der Waals surface area contributed by atoms with Crippen LogP contribution >= 0.6 is 0 Å². The number of ether oxygens (including phenoxy) is 4. The van der Waals surface area contributed by atoms with Crippen LogP contribution in [-0.2, 0) is 28.5 Å². The molecule has 3 heterocycles. The third-order valence-corrected chi connectivity index (χ3v) is 13.3. The van der Waals surface area contributed by atoms with Gasteiger partial charge in [0.25, 0.3) is 0 Å². The van der Waals surface area contributed by atoms with E-state index >= 15 is 0 Å². The number of carbonyl (C=O) groups excluding carboxylic acids is 2. The molecule has 0 aromatic heterocycles. The zero-order valence-corrected chi connectivity index (χ0v) is 27.1. The number of allylic oxidation sites excluding steroid dienone is 4. The highest BCUT2D eigenvalue weighted by atomic mass is 16.7. The Hall–Kier alpha value is -1.66. The quantitative estimate of drug-likeness (QED) is 0.254. The summed E-state index contributed by atoms with van der Waals surface area (Å²) in [6, 6.07) is 0. The second-order valence-electron chi connectivity index (χ2n) is 15.8. The number of fused-ring (bicyclic) bond motifs is 5. The number of carbonyl (C=O) groups is 2. The van der Waals surface area contributed by atoms with Crippen LogP contribution in [0.3, 0.4) is 0 Å². The Labute approximate surface area is 265 Å². The van der Waals surface area contributed by atoms with Crippen LogP contribution in [0.2, 0.25) is 0 Å². The van der Waals surface area contributed by atoms with Gasteiger partial charge >= 0.3 is 5.97 Å². The summed E-state index contributed by atoms with van der Waals surface area (Å²) < 4.78 is 23.8. The molecule has 45 heavy (non-hydrogen) atoms. The van der Waals surface area contributed by atoms with Crippen molar-refractivity contribution in [1.82, 2.24) is 0 Å². The fourth-order valence-electron chi connectivity index (χ4n) is 10.6. The normalized spacial score (nSPS) is 52.5. The van der Waals surface area contributed by atoms with Crippen molar-refractivity contribution in [3.8, 4) is 0 Å². The molecule has 4 N–H and O–H groups in total. The predicted octanol–water partition coefficient (Wildman–Crippen LogP) is 2.59. The molecule has 0 aromatic rings. The van der Waals surface area contributed by atoms with Crippen molar-refractivity contribution >= 4 is 11.8 Å². The first-order chi connectivity index (χ1) is 21.3. The molecule has 5 fully saturated rings. The van der Waals surface area contributed by atoms with Crippen molar-refractivity contribution in [3.63, 3.8) is 0 Å². The van der Waals surface area contributed by atoms with Crippen LogP contribution in [0.15, 0.2) is 23.3 Å². The molecule has 3 saturated heterocycles. The monoisotopic (exact) mass is 630 g/mol. The number of hydrogen-bond acceptors (Lipinski definition) is 10. The van der Waals surface area contributed by atoms with Crippen LogP contribution in [0.25, 0.3) is 0 Å². The Morgan fingerprint density at radius 3 is 2.47 bits per heavy atom. The van der Waals surface area contributed by atoms with Crippen molar-refractivity contribution in [2.75, 3.05) is 6.61 Å². The van der Waals surface area contributed by atoms with Crippen molar-refractivity contribution in [3.05, 3.63) is 23.3 Å². The number of esters is 1. The minimum atomic E-state index is -1.46. The lowest BCUT2D eigenvalue weighted by Crippen LogP contribution is -2.60. The maximum absolute atomic E-state index is 13.8. The third kappa shape index (κ3) is 4.60. The van der Waals surface area contributed by atoms with Gasteiger partial charge in [-0.2, -0.15) is 0 Å². The second kappa shape index (κ2) is 10.9. The Kier molecular flexibility index (Phi) is 7.76. The minimum absolute atomic E-state index is 0.0376. The Balaban J connectivity index is 1.07.